The fourth-order valence-electron chi connectivity index (χ4n) is 1.40. The number of pyridine rings is 1. The lowest BCUT2D eigenvalue weighted by Gasteiger charge is -2.06. The number of benzene rings is 1. The molecule has 0 saturated carbocycles. The van der Waals surface area contributed by atoms with Gasteiger partial charge in [0.25, 0.3) is 0 Å². The summed E-state index contributed by atoms with van der Waals surface area (Å²) in [5.74, 6) is 1.25. The van der Waals surface area contributed by atoms with Crippen molar-refractivity contribution in [1.29, 1.82) is 0 Å². The van der Waals surface area contributed by atoms with Gasteiger partial charge in [0, 0.05) is 12.3 Å². The number of aryl methyl sites for hydroxylation is 1. The maximum absolute atomic E-state index is 8.99. The molecule has 0 saturated heterocycles. The summed E-state index contributed by atoms with van der Waals surface area (Å²) >= 11 is 0. The molecule has 1 heterocycles. The fourth-order valence-corrected chi connectivity index (χ4v) is 1.40. The number of aromatic nitrogens is 1. The molecular formula is C13H13NO2. The Bertz CT molecular complexity index is 483. The summed E-state index contributed by atoms with van der Waals surface area (Å²) in [5, 5.41) is 8.99. The lowest BCUT2D eigenvalue weighted by Crippen LogP contribution is -1.90. The lowest BCUT2D eigenvalue weighted by molar-refractivity contribution is 0.281. The van der Waals surface area contributed by atoms with Crippen LogP contribution in [0.25, 0.3) is 0 Å². The number of rotatable bonds is 3. The Morgan fingerprint density at radius 2 is 2.12 bits per heavy atom. The van der Waals surface area contributed by atoms with Crippen LogP contribution in [0.1, 0.15) is 11.1 Å². The second-order valence-corrected chi connectivity index (χ2v) is 3.58. The lowest BCUT2D eigenvalue weighted by atomic mass is 10.2. The molecule has 0 aliphatic rings. The molecule has 82 valence electrons. The summed E-state index contributed by atoms with van der Waals surface area (Å²) < 4.78 is 5.58. The summed E-state index contributed by atoms with van der Waals surface area (Å²) in [6.45, 7) is 2.00. The smallest absolute Gasteiger partial charge is 0.219 e. The van der Waals surface area contributed by atoms with Crippen LogP contribution in [0.15, 0.2) is 42.6 Å². The van der Waals surface area contributed by atoms with Gasteiger partial charge in [-0.2, -0.15) is 0 Å². The van der Waals surface area contributed by atoms with Crippen LogP contribution in [0.3, 0.4) is 0 Å². The van der Waals surface area contributed by atoms with Crippen molar-refractivity contribution in [2.24, 2.45) is 0 Å². The van der Waals surface area contributed by atoms with Crippen molar-refractivity contribution in [2.45, 2.75) is 13.5 Å². The van der Waals surface area contributed by atoms with Gasteiger partial charge in [0.05, 0.1) is 6.61 Å². The normalized spacial score (nSPS) is 10.1. The number of aliphatic hydroxyl groups is 1. The van der Waals surface area contributed by atoms with E-state index in [2.05, 4.69) is 4.98 Å². The molecule has 0 aliphatic heterocycles. The molecule has 1 aromatic heterocycles. The highest BCUT2D eigenvalue weighted by molar-refractivity contribution is 5.31. The van der Waals surface area contributed by atoms with E-state index >= 15 is 0 Å². The van der Waals surface area contributed by atoms with E-state index < -0.39 is 0 Å². The van der Waals surface area contributed by atoms with E-state index in [0.717, 1.165) is 16.9 Å². The fraction of sp³-hybridized carbons (Fsp3) is 0.154. The van der Waals surface area contributed by atoms with E-state index in [9.17, 15) is 0 Å². The van der Waals surface area contributed by atoms with Gasteiger partial charge >= 0.3 is 0 Å². The van der Waals surface area contributed by atoms with Crippen LogP contribution in [0.2, 0.25) is 0 Å². The highest BCUT2D eigenvalue weighted by Crippen LogP contribution is 2.20. The van der Waals surface area contributed by atoms with Gasteiger partial charge in [-0.05, 0) is 36.2 Å². The molecule has 0 spiro atoms. The molecule has 0 atom stereocenters. The van der Waals surface area contributed by atoms with E-state index in [-0.39, 0.29) is 6.61 Å². The first-order valence-electron chi connectivity index (χ1n) is 5.08. The summed E-state index contributed by atoms with van der Waals surface area (Å²) in [6, 6.07) is 11.2. The first-order chi connectivity index (χ1) is 7.78. The third kappa shape index (κ3) is 2.58. The van der Waals surface area contributed by atoms with Crippen molar-refractivity contribution >= 4 is 0 Å². The molecule has 0 radical (unpaired) electrons. The molecule has 0 fully saturated rings. The highest BCUT2D eigenvalue weighted by Gasteiger charge is 1.99. The second kappa shape index (κ2) is 4.77. The van der Waals surface area contributed by atoms with Gasteiger partial charge in [-0.3, -0.25) is 0 Å². The zero-order chi connectivity index (χ0) is 11.4. The quantitative estimate of drug-likeness (QED) is 0.855. The Labute approximate surface area is 94.3 Å². The molecule has 0 aliphatic carbocycles. The van der Waals surface area contributed by atoms with Crippen LogP contribution < -0.4 is 4.74 Å². The van der Waals surface area contributed by atoms with E-state index in [0.29, 0.717) is 5.88 Å². The monoisotopic (exact) mass is 215 g/mol. The average Bonchev–Trinajstić information content (AvgIpc) is 2.29. The molecule has 1 aromatic carbocycles. The predicted molar refractivity (Wildman–Crippen MR) is 61.4 cm³/mol. The molecule has 16 heavy (non-hydrogen) atoms. The summed E-state index contributed by atoms with van der Waals surface area (Å²) in [4.78, 5) is 4.08. The van der Waals surface area contributed by atoms with E-state index in [1.165, 1.54) is 0 Å². The van der Waals surface area contributed by atoms with Crippen LogP contribution in [0.5, 0.6) is 11.6 Å². The summed E-state index contributed by atoms with van der Waals surface area (Å²) in [6.07, 6.45) is 1.62. The molecule has 2 aromatic rings. The van der Waals surface area contributed by atoms with Gasteiger partial charge < -0.3 is 9.84 Å². The van der Waals surface area contributed by atoms with Crippen LogP contribution in [0, 0.1) is 6.92 Å². The Balaban J connectivity index is 2.20. The standard InChI is InChI=1S/C13H13NO2/c1-10-3-2-4-12(7-10)16-13-8-11(9-15)5-6-14-13/h2-8,15H,9H2,1H3. The Morgan fingerprint density at radius 1 is 1.25 bits per heavy atom. The maximum Gasteiger partial charge on any atom is 0.219 e. The average molecular weight is 215 g/mol. The first kappa shape index (κ1) is 10.6. The molecule has 0 bridgehead atoms. The van der Waals surface area contributed by atoms with E-state index in [1.807, 2.05) is 31.2 Å². The zero-order valence-corrected chi connectivity index (χ0v) is 9.05. The largest absolute Gasteiger partial charge is 0.439 e. The Hall–Kier alpha value is -1.87. The molecule has 1 N–H and O–H groups in total. The molecular weight excluding hydrogens is 202 g/mol. The highest BCUT2D eigenvalue weighted by atomic mass is 16.5. The number of hydrogen-bond acceptors (Lipinski definition) is 3. The van der Waals surface area contributed by atoms with Gasteiger partial charge in [0.15, 0.2) is 0 Å². The summed E-state index contributed by atoms with van der Waals surface area (Å²) in [7, 11) is 0. The van der Waals surface area contributed by atoms with Crippen LogP contribution in [-0.2, 0) is 6.61 Å². The molecule has 0 unspecified atom stereocenters. The first-order valence-corrected chi connectivity index (χ1v) is 5.08. The SMILES string of the molecule is Cc1cccc(Oc2cc(CO)ccn2)c1. The maximum atomic E-state index is 8.99. The van der Waals surface area contributed by atoms with Gasteiger partial charge in [-0.15, -0.1) is 0 Å². The zero-order valence-electron chi connectivity index (χ0n) is 9.05. The van der Waals surface area contributed by atoms with Crippen molar-refractivity contribution < 1.29 is 9.84 Å². The van der Waals surface area contributed by atoms with Crippen molar-refractivity contribution in [3.8, 4) is 11.6 Å². The molecule has 3 nitrogen and oxygen atoms in total. The number of nitrogens with zero attached hydrogens (tertiary/aromatic N) is 1. The number of hydrogen-bond donors (Lipinski definition) is 1. The van der Waals surface area contributed by atoms with Crippen molar-refractivity contribution in [3.63, 3.8) is 0 Å². The van der Waals surface area contributed by atoms with Gasteiger partial charge in [-0.1, -0.05) is 12.1 Å². The minimum absolute atomic E-state index is 0.00724. The molecule has 0 amide bonds. The third-order valence-electron chi connectivity index (χ3n) is 2.19. The Kier molecular flexibility index (Phi) is 3.17. The van der Waals surface area contributed by atoms with Crippen LogP contribution in [0.4, 0.5) is 0 Å². The predicted octanol–water partition coefficient (Wildman–Crippen LogP) is 2.67. The van der Waals surface area contributed by atoms with Crippen molar-refractivity contribution in [1.82, 2.24) is 4.98 Å². The van der Waals surface area contributed by atoms with Crippen molar-refractivity contribution in [3.05, 3.63) is 53.7 Å². The topological polar surface area (TPSA) is 42.4 Å². The second-order valence-electron chi connectivity index (χ2n) is 3.58. The van der Waals surface area contributed by atoms with E-state index in [4.69, 9.17) is 9.84 Å². The minimum Gasteiger partial charge on any atom is -0.439 e. The summed E-state index contributed by atoms with van der Waals surface area (Å²) in [5.41, 5.74) is 1.92. The molecule has 3 heteroatoms. The van der Waals surface area contributed by atoms with E-state index in [1.54, 1.807) is 18.3 Å². The van der Waals surface area contributed by atoms with Gasteiger partial charge in [0.1, 0.15) is 5.75 Å². The van der Waals surface area contributed by atoms with Gasteiger partial charge in [-0.25, -0.2) is 4.98 Å². The number of aliphatic hydroxyl groups excluding tert-OH is 1. The van der Waals surface area contributed by atoms with Gasteiger partial charge in [0.2, 0.25) is 5.88 Å². The minimum atomic E-state index is -0.00724. The Morgan fingerprint density at radius 3 is 2.88 bits per heavy atom. The van der Waals surface area contributed by atoms with Crippen LogP contribution in [-0.4, -0.2) is 10.1 Å². The molecule has 2 rings (SSSR count). The van der Waals surface area contributed by atoms with Crippen LogP contribution >= 0.6 is 0 Å². The van der Waals surface area contributed by atoms with Crippen molar-refractivity contribution in [2.75, 3.05) is 0 Å². The third-order valence-corrected chi connectivity index (χ3v) is 2.19. The number of ether oxygens (including phenoxy) is 1.